The molecule has 0 spiro atoms. The smallest absolute Gasteiger partial charge is 0.169 e. The molecular formula is C8H5BrO3. The Kier molecular flexibility index (Phi) is 2.99. The largest absolute Gasteiger partial charge is 0.450 e. The summed E-state index contributed by atoms with van der Waals surface area (Å²) in [6, 6.07) is 3.33. The minimum absolute atomic E-state index is 0.0526. The fourth-order valence-electron chi connectivity index (χ4n) is 0.666. The summed E-state index contributed by atoms with van der Waals surface area (Å²) in [5.41, 5.74) is 0.0526. The van der Waals surface area contributed by atoms with Crippen molar-refractivity contribution in [2.24, 2.45) is 0 Å². The zero-order valence-corrected chi connectivity index (χ0v) is 7.58. The molecule has 0 saturated carbocycles. The zero-order valence-electron chi connectivity index (χ0n) is 5.99. The molecular weight excluding hydrogens is 224 g/mol. The van der Waals surface area contributed by atoms with Gasteiger partial charge in [0.25, 0.3) is 0 Å². The molecule has 1 heterocycles. The molecule has 62 valence electrons. The van der Waals surface area contributed by atoms with Crippen molar-refractivity contribution in [1.29, 1.82) is 0 Å². The van der Waals surface area contributed by atoms with Crippen LogP contribution < -0.4 is 0 Å². The fourth-order valence-corrected chi connectivity index (χ4v) is 0.985. The molecule has 0 aliphatic rings. The predicted octanol–water partition coefficient (Wildman–Crippen LogP) is 1.82. The highest BCUT2D eigenvalue weighted by atomic mass is 79.9. The van der Waals surface area contributed by atoms with Gasteiger partial charge in [-0.25, -0.2) is 0 Å². The third-order valence-electron chi connectivity index (χ3n) is 1.18. The number of allylic oxidation sites excluding steroid dienone is 1. The molecule has 0 aromatic carbocycles. The minimum Gasteiger partial charge on any atom is -0.450 e. The highest BCUT2D eigenvalue weighted by Crippen LogP contribution is 2.15. The van der Waals surface area contributed by atoms with Gasteiger partial charge in [-0.05, 0) is 34.1 Å². The number of furan rings is 1. The maximum atomic E-state index is 10.2. The highest BCUT2D eigenvalue weighted by Gasteiger charge is 1.97. The third-order valence-corrected chi connectivity index (χ3v) is 1.60. The van der Waals surface area contributed by atoms with Crippen LogP contribution in [0.5, 0.6) is 0 Å². The Bertz CT molecular complexity index is 315. The molecule has 0 radical (unpaired) electrons. The molecule has 12 heavy (non-hydrogen) atoms. The molecule has 0 bridgehead atoms. The molecule has 0 atom stereocenters. The lowest BCUT2D eigenvalue weighted by atomic mass is 10.3. The van der Waals surface area contributed by atoms with Gasteiger partial charge in [0.05, 0.1) is 5.57 Å². The second-order valence-electron chi connectivity index (χ2n) is 2.02. The lowest BCUT2D eigenvalue weighted by molar-refractivity contribution is -0.109. The van der Waals surface area contributed by atoms with Gasteiger partial charge < -0.3 is 4.42 Å². The first kappa shape index (κ1) is 8.93. The van der Waals surface area contributed by atoms with E-state index < -0.39 is 0 Å². The topological polar surface area (TPSA) is 47.3 Å². The van der Waals surface area contributed by atoms with Crippen LogP contribution in [-0.4, -0.2) is 12.6 Å². The third kappa shape index (κ3) is 2.17. The Morgan fingerprint density at radius 3 is 2.42 bits per heavy atom. The van der Waals surface area contributed by atoms with Crippen molar-refractivity contribution in [3.05, 3.63) is 28.1 Å². The van der Waals surface area contributed by atoms with Gasteiger partial charge in [-0.15, -0.1) is 0 Å². The summed E-state index contributed by atoms with van der Waals surface area (Å²) in [6.07, 6.45) is 2.32. The molecule has 1 rings (SSSR count). The molecule has 0 fully saturated rings. The number of halogens is 1. The highest BCUT2D eigenvalue weighted by molar-refractivity contribution is 9.10. The van der Waals surface area contributed by atoms with Crippen molar-refractivity contribution in [1.82, 2.24) is 0 Å². The van der Waals surface area contributed by atoms with Crippen LogP contribution in [0.3, 0.4) is 0 Å². The monoisotopic (exact) mass is 228 g/mol. The normalized spacial score (nSPS) is 9.08. The average molecular weight is 229 g/mol. The van der Waals surface area contributed by atoms with E-state index >= 15 is 0 Å². The first-order chi connectivity index (χ1) is 5.76. The molecule has 0 aliphatic heterocycles. The fraction of sp³-hybridized carbons (Fsp3) is 0. The van der Waals surface area contributed by atoms with Crippen LogP contribution in [0, 0.1) is 0 Å². The van der Waals surface area contributed by atoms with Crippen LogP contribution in [0.2, 0.25) is 0 Å². The predicted molar refractivity (Wildman–Crippen MR) is 46.5 cm³/mol. The molecule has 0 saturated heterocycles. The summed E-state index contributed by atoms with van der Waals surface area (Å²) in [4.78, 5) is 20.4. The molecule has 1 aromatic rings. The van der Waals surface area contributed by atoms with E-state index in [1.54, 1.807) is 12.1 Å². The second kappa shape index (κ2) is 4.01. The van der Waals surface area contributed by atoms with Crippen molar-refractivity contribution in [2.45, 2.75) is 0 Å². The SMILES string of the molecule is O=CC(C=O)=Cc1ccc(Br)o1. The van der Waals surface area contributed by atoms with E-state index in [1.165, 1.54) is 6.08 Å². The van der Waals surface area contributed by atoms with Crippen molar-refractivity contribution < 1.29 is 14.0 Å². The maximum absolute atomic E-state index is 10.2. The van der Waals surface area contributed by atoms with Crippen LogP contribution >= 0.6 is 15.9 Å². The van der Waals surface area contributed by atoms with E-state index in [-0.39, 0.29) is 5.57 Å². The van der Waals surface area contributed by atoms with E-state index in [0.717, 1.165) is 0 Å². The van der Waals surface area contributed by atoms with E-state index in [9.17, 15) is 9.59 Å². The number of carbonyl (C=O) groups excluding carboxylic acids is 2. The minimum atomic E-state index is 0.0526. The van der Waals surface area contributed by atoms with Gasteiger partial charge in [0.2, 0.25) is 0 Å². The Hall–Kier alpha value is -1.16. The summed E-state index contributed by atoms with van der Waals surface area (Å²) in [5.74, 6) is 0.469. The van der Waals surface area contributed by atoms with Gasteiger partial charge in [-0.2, -0.15) is 0 Å². The van der Waals surface area contributed by atoms with Crippen LogP contribution in [0.4, 0.5) is 0 Å². The van der Waals surface area contributed by atoms with Crippen LogP contribution in [0.1, 0.15) is 5.76 Å². The van der Waals surface area contributed by atoms with E-state index in [0.29, 0.717) is 23.0 Å². The average Bonchev–Trinajstić information content (AvgIpc) is 2.47. The first-order valence-corrected chi connectivity index (χ1v) is 3.93. The molecule has 0 unspecified atom stereocenters. The summed E-state index contributed by atoms with van der Waals surface area (Å²) in [5, 5.41) is 0. The van der Waals surface area contributed by atoms with Crippen LogP contribution in [-0.2, 0) is 9.59 Å². The Morgan fingerprint density at radius 1 is 1.33 bits per heavy atom. The number of hydrogen-bond donors (Lipinski definition) is 0. The van der Waals surface area contributed by atoms with Crippen molar-refractivity contribution in [3.63, 3.8) is 0 Å². The van der Waals surface area contributed by atoms with Gasteiger partial charge in [0.1, 0.15) is 5.76 Å². The van der Waals surface area contributed by atoms with Gasteiger partial charge in [0.15, 0.2) is 17.2 Å². The lowest BCUT2D eigenvalue weighted by Gasteiger charge is -1.84. The molecule has 3 nitrogen and oxygen atoms in total. The number of hydrogen-bond acceptors (Lipinski definition) is 3. The number of aldehydes is 2. The number of carbonyl (C=O) groups is 2. The quantitative estimate of drug-likeness (QED) is 0.343. The van der Waals surface area contributed by atoms with E-state index in [2.05, 4.69) is 15.9 Å². The van der Waals surface area contributed by atoms with Crippen molar-refractivity contribution >= 4 is 34.6 Å². The van der Waals surface area contributed by atoms with Crippen molar-refractivity contribution in [3.8, 4) is 0 Å². The first-order valence-electron chi connectivity index (χ1n) is 3.13. The van der Waals surface area contributed by atoms with Gasteiger partial charge in [-0.3, -0.25) is 9.59 Å². The van der Waals surface area contributed by atoms with Crippen molar-refractivity contribution in [2.75, 3.05) is 0 Å². The van der Waals surface area contributed by atoms with E-state index in [4.69, 9.17) is 4.42 Å². The van der Waals surface area contributed by atoms with E-state index in [1.807, 2.05) is 0 Å². The Morgan fingerprint density at radius 2 is 2.00 bits per heavy atom. The summed E-state index contributed by atoms with van der Waals surface area (Å²) in [7, 11) is 0. The molecule has 1 aromatic heterocycles. The van der Waals surface area contributed by atoms with Crippen LogP contribution in [0.25, 0.3) is 6.08 Å². The lowest BCUT2D eigenvalue weighted by Crippen LogP contribution is -1.83. The molecule has 0 aliphatic carbocycles. The van der Waals surface area contributed by atoms with Gasteiger partial charge in [-0.1, -0.05) is 0 Å². The molecule has 0 amide bonds. The molecule has 4 heteroatoms. The van der Waals surface area contributed by atoms with Gasteiger partial charge >= 0.3 is 0 Å². The van der Waals surface area contributed by atoms with Gasteiger partial charge in [0, 0.05) is 0 Å². The second-order valence-corrected chi connectivity index (χ2v) is 2.80. The zero-order chi connectivity index (χ0) is 8.97. The standard InChI is InChI=1S/C8H5BrO3/c9-8-2-1-7(12-8)3-6(4-10)5-11/h1-5H. The Balaban J connectivity index is 2.92. The Labute approximate surface area is 77.2 Å². The van der Waals surface area contributed by atoms with Crippen LogP contribution in [0.15, 0.2) is 26.8 Å². The molecule has 0 N–H and O–H groups in total. The number of rotatable bonds is 3. The summed E-state index contributed by atoms with van der Waals surface area (Å²) in [6.45, 7) is 0. The summed E-state index contributed by atoms with van der Waals surface area (Å²) >= 11 is 3.09. The maximum Gasteiger partial charge on any atom is 0.169 e. The summed E-state index contributed by atoms with van der Waals surface area (Å²) < 4.78 is 5.60.